The predicted molar refractivity (Wildman–Crippen MR) is 108 cm³/mol. The normalized spacial score (nSPS) is 18.8. The number of nitrogens with zero attached hydrogens (tertiary/aromatic N) is 2. The van der Waals surface area contributed by atoms with E-state index in [-0.39, 0.29) is 23.7 Å². The van der Waals surface area contributed by atoms with E-state index in [9.17, 15) is 14.4 Å². The number of hydrogen-bond acceptors (Lipinski definition) is 6. The molecular weight excluding hydrogens is 374 g/mol. The minimum Gasteiger partial charge on any atom is -0.378 e. The standard InChI is InChI=1S/C20H23N5O4/c1-11-7-12(2)9-13(8-11)21-18(27)14-10-15(26)22-17-16(14)19(28)24-20(23-17)25-3-5-29-6-4-25/h7-9,14H,3-6,10H2,1-2H3,(H,21,27)(H2,22,23,24,26,28)/t14-/m1/s1. The van der Waals surface area contributed by atoms with Crippen LogP contribution < -0.4 is 21.1 Å². The lowest BCUT2D eigenvalue weighted by molar-refractivity contribution is -0.123. The zero-order valence-electron chi connectivity index (χ0n) is 16.4. The number of carbonyl (C=O) groups excluding carboxylic acids is 2. The maximum atomic E-state index is 12.9. The lowest BCUT2D eigenvalue weighted by Crippen LogP contribution is -2.41. The number of benzene rings is 1. The van der Waals surface area contributed by atoms with Gasteiger partial charge in [-0.1, -0.05) is 6.07 Å². The average molecular weight is 397 g/mol. The van der Waals surface area contributed by atoms with Crippen LogP contribution >= 0.6 is 0 Å². The van der Waals surface area contributed by atoms with Crippen LogP contribution in [0.1, 0.15) is 29.0 Å². The molecule has 9 nitrogen and oxygen atoms in total. The molecule has 29 heavy (non-hydrogen) atoms. The first kappa shape index (κ1) is 19.1. The van der Waals surface area contributed by atoms with Crippen molar-refractivity contribution in [1.82, 2.24) is 9.97 Å². The van der Waals surface area contributed by atoms with E-state index < -0.39 is 17.4 Å². The lowest BCUT2D eigenvalue weighted by atomic mass is 9.92. The van der Waals surface area contributed by atoms with Crippen molar-refractivity contribution in [3.8, 4) is 0 Å². The Kier molecular flexibility index (Phi) is 5.06. The van der Waals surface area contributed by atoms with Gasteiger partial charge in [0.05, 0.1) is 24.7 Å². The van der Waals surface area contributed by atoms with Crippen molar-refractivity contribution in [3.63, 3.8) is 0 Å². The van der Waals surface area contributed by atoms with Crippen LogP contribution in [0.2, 0.25) is 0 Å². The molecule has 3 N–H and O–H groups in total. The van der Waals surface area contributed by atoms with E-state index >= 15 is 0 Å². The van der Waals surface area contributed by atoms with Crippen molar-refractivity contribution < 1.29 is 14.3 Å². The molecule has 9 heteroatoms. The number of morpholine rings is 1. The molecule has 2 aromatic rings. The van der Waals surface area contributed by atoms with Crippen molar-refractivity contribution in [2.24, 2.45) is 0 Å². The van der Waals surface area contributed by atoms with Crippen molar-refractivity contribution in [1.29, 1.82) is 0 Å². The number of aryl methyl sites for hydroxylation is 2. The molecule has 0 bridgehead atoms. The third kappa shape index (κ3) is 4.00. The number of ether oxygens (including phenoxy) is 1. The highest BCUT2D eigenvalue weighted by atomic mass is 16.5. The third-order valence-electron chi connectivity index (χ3n) is 5.05. The van der Waals surface area contributed by atoms with Gasteiger partial charge in [0, 0.05) is 25.2 Å². The first-order valence-electron chi connectivity index (χ1n) is 9.56. The number of amides is 2. The van der Waals surface area contributed by atoms with E-state index in [1.54, 1.807) is 0 Å². The Morgan fingerprint density at radius 3 is 2.55 bits per heavy atom. The van der Waals surface area contributed by atoms with Gasteiger partial charge in [0.15, 0.2) is 0 Å². The van der Waals surface area contributed by atoms with E-state index in [1.165, 1.54) is 0 Å². The van der Waals surface area contributed by atoms with Crippen LogP contribution in [-0.2, 0) is 14.3 Å². The third-order valence-corrected chi connectivity index (χ3v) is 5.05. The molecule has 2 aliphatic heterocycles. The number of fused-ring (bicyclic) bond motifs is 1. The number of nitrogens with one attached hydrogen (secondary N) is 3. The highest BCUT2D eigenvalue weighted by Crippen LogP contribution is 2.30. The number of anilines is 3. The topological polar surface area (TPSA) is 116 Å². The molecule has 0 saturated carbocycles. The van der Waals surface area contributed by atoms with Gasteiger partial charge in [0.25, 0.3) is 5.56 Å². The summed E-state index contributed by atoms with van der Waals surface area (Å²) in [4.78, 5) is 47.1. The summed E-state index contributed by atoms with van der Waals surface area (Å²) in [6.07, 6.45) is -0.106. The van der Waals surface area contributed by atoms with Gasteiger partial charge in [0.1, 0.15) is 5.82 Å². The fourth-order valence-corrected chi connectivity index (χ4v) is 3.78. The van der Waals surface area contributed by atoms with Gasteiger partial charge >= 0.3 is 0 Å². The van der Waals surface area contributed by atoms with Gasteiger partial charge in [-0.15, -0.1) is 0 Å². The quantitative estimate of drug-likeness (QED) is 0.719. The average Bonchev–Trinajstić information content (AvgIpc) is 2.66. The Bertz CT molecular complexity index is 1010. The fourth-order valence-electron chi connectivity index (χ4n) is 3.78. The van der Waals surface area contributed by atoms with Gasteiger partial charge in [-0.25, -0.2) is 0 Å². The summed E-state index contributed by atoms with van der Waals surface area (Å²) in [6.45, 7) is 6.13. The monoisotopic (exact) mass is 397 g/mol. The number of hydrogen-bond donors (Lipinski definition) is 3. The van der Waals surface area contributed by atoms with Crippen LogP contribution in [0, 0.1) is 13.8 Å². The molecule has 2 aliphatic rings. The van der Waals surface area contributed by atoms with E-state index in [4.69, 9.17) is 4.74 Å². The summed E-state index contributed by atoms with van der Waals surface area (Å²) < 4.78 is 5.32. The van der Waals surface area contributed by atoms with Gasteiger partial charge < -0.3 is 20.3 Å². The number of aromatic amines is 1. The summed E-state index contributed by atoms with van der Waals surface area (Å²) in [5, 5.41) is 5.47. The second-order valence-corrected chi connectivity index (χ2v) is 7.42. The van der Waals surface area contributed by atoms with E-state index in [1.807, 2.05) is 36.9 Å². The molecule has 1 aromatic heterocycles. The lowest BCUT2D eigenvalue weighted by Gasteiger charge is -2.29. The molecular formula is C20H23N5O4. The Morgan fingerprint density at radius 2 is 1.86 bits per heavy atom. The SMILES string of the molecule is Cc1cc(C)cc(NC(=O)[C@@H]2CC(=O)Nc3nc(N4CCOCC4)[nH]c(=O)c32)c1. The molecule has 2 amide bonds. The number of rotatable bonds is 3. The zero-order chi connectivity index (χ0) is 20.5. The van der Waals surface area contributed by atoms with Crippen LogP contribution in [0.25, 0.3) is 0 Å². The number of carbonyl (C=O) groups is 2. The molecule has 1 saturated heterocycles. The van der Waals surface area contributed by atoms with Gasteiger partial charge in [-0.05, 0) is 37.1 Å². The summed E-state index contributed by atoms with van der Waals surface area (Å²) in [6, 6.07) is 5.69. The number of aromatic nitrogens is 2. The molecule has 0 unspecified atom stereocenters. The fraction of sp³-hybridized carbons (Fsp3) is 0.400. The Morgan fingerprint density at radius 1 is 1.17 bits per heavy atom. The van der Waals surface area contributed by atoms with Crippen LogP contribution in [-0.4, -0.2) is 48.1 Å². The van der Waals surface area contributed by atoms with Crippen molar-refractivity contribution in [3.05, 3.63) is 45.2 Å². The van der Waals surface area contributed by atoms with Crippen molar-refractivity contribution in [2.45, 2.75) is 26.2 Å². The molecule has 4 rings (SSSR count). The molecule has 3 heterocycles. The smallest absolute Gasteiger partial charge is 0.258 e. The molecule has 0 radical (unpaired) electrons. The minimum atomic E-state index is -0.908. The molecule has 1 fully saturated rings. The Balaban J connectivity index is 1.65. The second-order valence-electron chi connectivity index (χ2n) is 7.42. The van der Waals surface area contributed by atoms with Crippen LogP contribution in [0.5, 0.6) is 0 Å². The van der Waals surface area contributed by atoms with Crippen LogP contribution in [0.15, 0.2) is 23.0 Å². The maximum absolute atomic E-state index is 12.9. The summed E-state index contributed by atoms with van der Waals surface area (Å²) >= 11 is 0. The van der Waals surface area contributed by atoms with Crippen LogP contribution in [0.4, 0.5) is 17.5 Å². The zero-order valence-corrected chi connectivity index (χ0v) is 16.4. The van der Waals surface area contributed by atoms with Gasteiger partial charge in [-0.2, -0.15) is 4.98 Å². The van der Waals surface area contributed by atoms with Crippen LogP contribution in [0.3, 0.4) is 0 Å². The second kappa shape index (κ2) is 7.67. The first-order chi connectivity index (χ1) is 13.9. The molecule has 1 aromatic carbocycles. The van der Waals surface area contributed by atoms with E-state index in [2.05, 4.69) is 20.6 Å². The highest BCUT2D eigenvalue weighted by molar-refractivity contribution is 6.04. The van der Waals surface area contributed by atoms with Gasteiger partial charge in [0.2, 0.25) is 17.8 Å². The maximum Gasteiger partial charge on any atom is 0.258 e. The summed E-state index contributed by atoms with van der Waals surface area (Å²) in [5.74, 6) is -1.14. The van der Waals surface area contributed by atoms with Crippen molar-refractivity contribution in [2.75, 3.05) is 41.8 Å². The minimum absolute atomic E-state index is 0.106. The molecule has 1 atom stereocenters. The van der Waals surface area contributed by atoms with E-state index in [0.29, 0.717) is 37.9 Å². The largest absolute Gasteiger partial charge is 0.378 e. The van der Waals surface area contributed by atoms with Gasteiger partial charge in [-0.3, -0.25) is 19.4 Å². The first-order valence-corrected chi connectivity index (χ1v) is 9.56. The molecule has 0 aliphatic carbocycles. The van der Waals surface area contributed by atoms with E-state index in [0.717, 1.165) is 11.1 Å². The summed E-state index contributed by atoms with van der Waals surface area (Å²) in [5.41, 5.74) is 2.42. The highest BCUT2D eigenvalue weighted by Gasteiger charge is 2.35. The predicted octanol–water partition coefficient (Wildman–Crippen LogP) is 1.29. The molecule has 152 valence electrons. The Hall–Kier alpha value is -3.20. The number of H-pyrrole nitrogens is 1. The molecule has 0 spiro atoms. The Labute approximate surface area is 167 Å². The van der Waals surface area contributed by atoms with Crippen molar-refractivity contribution >= 4 is 29.3 Å². The summed E-state index contributed by atoms with van der Waals surface area (Å²) in [7, 11) is 0.